The van der Waals surface area contributed by atoms with E-state index in [4.69, 9.17) is 9.47 Å². The predicted octanol–water partition coefficient (Wildman–Crippen LogP) is 3.55. The molecule has 1 atom stereocenters. The number of fused-ring (bicyclic) bond motifs is 1. The van der Waals surface area contributed by atoms with Crippen LogP contribution in [0.4, 0.5) is 0 Å². The Morgan fingerprint density at radius 1 is 1.14 bits per heavy atom. The van der Waals surface area contributed by atoms with Gasteiger partial charge in [0, 0.05) is 13.0 Å². The Morgan fingerprint density at radius 3 is 2.52 bits per heavy atom. The molecule has 0 aliphatic carbocycles. The van der Waals surface area contributed by atoms with Gasteiger partial charge in [-0.2, -0.15) is 0 Å². The van der Waals surface area contributed by atoms with E-state index in [1.54, 1.807) is 19.1 Å². The molecule has 0 radical (unpaired) electrons. The number of aliphatic carboxylic acids is 1. The second kappa shape index (κ2) is 8.99. The molecule has 6 nitrogen and oxygen atoms in total. The summed E-state index contributed by atoms with van der Waals surface area (Å²) in [4.78, 5) is 26.3. The Balaban J connectivity index is 1.85. The van der Waals surface area contributed by atoms with E-state index in [-0.39, 0.29) is 12.3 Å². The van der Waals surface area contributed by atoms with Crippen LogP contribution >= 0.6 is 0 Å². The average molecular weight is 397 g/mol. The number of rotatable bonds is 7. The molecule has 6 heteroatoms. The summed E-state index contributed by atoms with van der Waals surface area (Å²) >= 11 is 0. The lowest BCUT2D eigenvalue weighted by Crippen LogP contribution is -2.41. The van der Waals surface area contributed by atoms with Gasteiger partial charge in [-0.05, 0) is 48.6 Å². The largest absolute Gasteiger partial charge is 0.493 e. The van der Waals surface area contributed by atoms with Crippen LogP contribution in [0.2, 0.25) is 0 Å². The van der Waals surface area contributed by atoms with Crippen LogP contribution in [-0.2, 0) is 22.4 Å². The molecule has 1 N–H and O–H groups in total. The van der Waals surface area contributed by atoms with Crippen LogP contribution in [0, 0.1) is 6.92 Å². The molecule has 2 aromatic rings. The van der Waals surface area contributed by atoms with Crippen LogP contribution in [0.15, 0.2) is 36.4 Å². The summed E-state index contributed by atoms with van der Waals surface area (Å²) in [5, 5.41) is 9.46. The minimum absolute atomic E-state index is 0.0295. The van der Waals surface area contributed by atoms with Gasteiger partial charge in [-0.25, -0.2) is 0 Å². The van der Waals surface area contributed by atoms with Crippen molar-refractivity contribution in [2.45, 2.75) is 38.6 Å². The number of benzene rings is 2. The molecule has 1 amide bonds. The molecule has 0 fully saturated rings. The first kappa shape index (κ1) is 20.7. The maximum Gasteiger partial charge on any atom is 0.305 e. The molecule has 0 saturated carbocycles. The third-order valence-corrected chi connectivity index (χ3v) is 5.40. The van der Waals surface area contributed by atoms with Crippen LogP contribution in [0.25, 0.3) is 0 Å². The molecule has 29 heavy (non-hydrogen) atoms. The standard InChI is InChI=1S/C23H27NO5/c1-15-5-4-6-16(11-15)7-8-22(25)24-10-9-17-12-20(28-2)21(29-3)13-18(17)19(24)14-23(26)27/h4-6,11-13,19H,7-10,14H2,1-3H3,(H,26,27). The summed E-state index contributed by atoms with van der Waals surface area (Å²) in [6, 6.07) is 11.3. The molecular weight excluding hydrogens is 370 g/mol. The summed E-state index contributed by atoms with van der Waals surface area (Å²) in [6.45, 7) is 2.52. The molecule has 0 spiro atoms. The van der Waals surface area contributed by atoms with E-state index in [0.29, 0.717) is 37.3 Å². The first-order valence-corrected chi connectivity index (χ1v) is 9.74. The molecule has 3 rings (SSSR count). The molecule has 1 unspecified atom stereocenters. The van der Waals surface area contributed by atoms with Crippen LogP contribution in [0.5, 0.6) is 11.5 Å². The van der Waals surface area contributed by atoms with Crippen molar-refractivity contribution in [2.75, 3.05) is 20.8 Å². The molecule has 1 heterocycles. The summed E-state index contributed by atoms with van der Waals surface area (Å²) in [5.41, 5.74) is 4.08. The third-order valence-electron chi connectivity index (χ3n) is 5.40. The lowest BCUT2D eigenvalue weighted by atomic mass is 9.89. The fourth-order valence-corrected chi connectivity index (χ4v) is 3.97. The highest BCUT2D eigenvalue weighted by Crippen LogP contribution is 2.39. The zero-order chi connectivity index (χ0) is 21.0. The van der Waals surface area contributed by atoms with Gasteiger partial charge in [0.2, 0.25) is 5.91 Å². The van der Waals surface area contributed by atoms with E-state index in [2.05, 4.69) is 6.07 Å². The lowest BCUT2D eigenvalue weighted by Gasteiger charge is -2.37. The smallest absolute Gasteiger partial charge is 0.305 e. The average Bonchev–Trinajstić information content (AvgIpc) is 2.71. The monoisotopic (exact) mass is 397 g/mol. The normalized spacial score (nSPS) is 15.6. The number of carbonyl (C=O) groups excluding carboxylic acids is 1. The summed E-state index contributed by atoms with van der Waals surface area (Å²) < 4.78 is 10.8. The predicted molar refractivity (Wildman–Crippen MR) is 109 cm³/mol. The van der Waals surface area contributed by atoms with E-state index in [9.17, 15) is 14.7 Å². The van der Waals surface area contributed by atoms with Crippen molar-refractivity contribution in [1.29, 1.82) is 0 Å². The van der Waals surface area contributed by atoms with E-state index < -0.39 is 12.0 Å². The zero-order valence-electron chi connectivity index (χ0n) is 17.1. The van der Waals surface area contributed by atoms with Crippen molar-refractivity contribution in [2.24, 2.45) is 0 Å². The maximum atomic E-state index is 13.0. The summed E-state index contributed by atoms with van der Waals surface area (Å²) in [5.74, 6) is 0.183. The number of amides is 1. The Labute approximate surface area is 171 Å². The fraction of sp³-hybridized carbons (Fsp3) is 0.391. The fourth-order valence-electron chi connectivity index (χ4n) is 3.97. The van der Waals surface area contributed by atoms with Crippen LogP contribution in [0.3, 0.4) is 0 Å². The highest BCUT2D eigenvalue weighted by molar-refractivity contribution is 5.79. The summed E-state index contributed by atoms with van der Waals surface area (Å²) in [6.07, 6.45) is 1.50. The molecule has 0 bridgehead atoms. The van der Waals surface area contributed by atoms with Gasteiger partial charge in [0.1, 0.15) is 0 Å². The Kier molecular flexibility index (Phi) is 6.42. The number of methoxy groups -OCH3 is 2. The molecule has 2 aromatic carbocycles. The van der Waals surface area contributed by atoms with Crippen molar-refractivity contribution in [3.63, 3.8) is 0 Å². The van der Waals surface area contributed by atoms with E-state index >= 15 is 0 Å². The maximum absolute atomic E-state index is 13.0. The molecule has 0 aromatic heterocycles. The Morgan fingerprint density at radius 2 is 1.86 bits per heavy atom. The van der Waals surface area contributed by atoms with Crippen molar-refractivity contribution in [3.8, 4) is 11.5 Å². The molecule has 1 aliphatic rings. The van der Waals surface area contributed by atoms with Crippen LogP contribution in [-0.4, -0.2) is 42.6 Å². The first-order chi connectivity index (χ1) is 13.9. The van der Waals surface area contributed by atoms with Gasteiger partial charge in [-0.15, -0.1) is 0 Å². The van der Waals surface area contributed by atoms with Gasteiger partial charge in [0.15, 0.2) is 11.5 Å². The van der Waals surface area contributed by atoms with E-state index in [1.165, 1.54) is 0 Å². The zero-order valence-corrected chi connectivity index (χ0v) is 17.1. The van der Waals surface area contributed by atoms with Crippen LogP contribution in [0.1, 0.15) is 41.1 Å². The van der Waals surface area contributed by atoms with Gasteiger partial charge < -0.3 is 19.5 Å². The third kappa shape index (κ3) is 4.70. The van der Waals surface area contributed by atoms with Gasteiger partial charge in [0.25, 0.3) is 0 Å². The van der Waals surface area contributed by atoms with Gasteiger partial charge in [0.05, 0.1) is 26.7 Å². The number of nitrogens with zero attached hydrogens (tertiary/aromatic N) is 1. The van der Waals surface area contributed by atoms with Gasteiger partial charge in [-0.3, -0.25) is 9.59 Å². The minimum atomic E-state index is -0.936. The highest BCUT2D eigenvalue weighted by atomic mass is 16.5. The number of carboxylic acid groups (broad SMARTS) is 1. The second-order valence-corrected chi connectivity index (χ2v) is 7.35. The second-order valence-electron chi connectivity index (χ2n) is 7.35. The Hall–Kier alpha value is -3.02. The molecule has 1 aliphatic heterocycles. The number of aryl methyl sites for hydroxylation is 2. The quantitative estimate of drug-likeness (QED) is 0.773. The lowest BCUT2D eigenvalue weighted by molar-refractivity contribution is -0.141. The number of ether oxygens (including phenoxy) is 2. The van der Waals surface area contributed by atoms with Gasteiger partial charge in [-0.1, -0.05) is 29.8 Å². The van der Waals surface area contributed by atoms with Gasteiger partial charge >= 0.3 is 5.97 Å². The SMILES string of the molecule is COc1cc2c(cc1OC)C(CC(=O)O)N(C(=O)CCc1cccc(C)c1)CC2. The van der Waals surface area contributed by atoms with Crippen molar-refractivity contribution in [1.82, 2.24) is 4.90 Å². The van der Waals surface area contributed by atoms with Crippen LogP contribution < -0.4 is 9.47 Å². The first-order valence-electron chi connectivity index (χ1n) is 9.74. The summed E-state index contributed by atoms with van der Waals surface area (Å²) in [7, 11) is 3.12. The minimum Gasteiger partial charge on any atom is -0.493 e. The topological polar surface area (TPSA) is 76.1 Å². The number of hydrogen-bond donors (Lipinski definition) is 1. The van der Waals surface area contributed by atoms with E-state index in [1.807, 2.05) is 37.3 Å². The van der Waals surface area contributed by atoms with Crippen molar-refractivity contribution < 1.29 is 24.2 Å². The van der Waals surface area contributed by atoms with Crippen molar-refractivity contribution in [3.05, 3.63) is 58.7 Å². The molecule has 154 valence electrons. The number of carboxylic acids is 1. The number of hydrogen-bond acceptors (Lipinski definition) is 4. The highest BCUT2D eigenvalue weighted by Gasteiger charge is 2.33. The van der Waals surface area contributed by atoms with Crippen molar-refractivity contribution >= 4 is 11.9 Å². The molecule has 0 saturated heterocycles. The Bertz CT molecular complexity index is 908. The molecular formula is C23H27NO5. The number of carbonyl (C=O) groups is 2. The van der Waals surface area contributed by atoms with E-state index in [0.717, 1.165) is 22.3 Å².